The van der Waals surface area contributed by atoms with Crippen LogP contribution in [0, 0.1) is 6.92 Å². The molecule has 3 heteroatoms. The summed E-state index contributed by atoms with van der Waals surface area (Å²) in [4.78, 5) is 11.4. The third-order valence-corrected chi connectivity index (χ3v) is 2.42. The number of rotatable bonds is 3. The lowest BCUT2D eigenvalue weighted by molar-refractivity contribution is -0.137. The Morgan fingerprint density at radius 2 is 1.94 bits per heavy atom. The molecule has 1 atom stereocenters. The van der Waals surface area contributed by atoms with Gasteiger partial charge in [0.1, 0.15) is 6.10 Å². The van der Waals surface area contributed by atoms with E-state index in [0.29, 0.717) is 5.56 Å². The number of hydrogen-bond acceptors (Lipinski definition) is 3. The number of hydrogen-bond donors (Lipinski definition) is 1. The molecule has 1 aromatic carbocycles. The number of aliphatic hydroxyl groups is 1. The standard InChI is InChI=1S/C13H16O3/c1-4-11(13(15)16-3)12(14)10-7-5-9(2)6-8-10/h4-8,12,14H,1-3H3/b11-4+. The molecule has 0 heterocycles. The van der Waals surface area contributed by atoms with E-state index in [1.165, 1.54) is 7.11 Å². The highest BCUT2D eigenvalue weighted by molar-refractivity contribution is 5.89. The van der Waals surface area contributed by atoms with Crippen molar-refractivity contribution in [3.05, 3.63) is 47.0 Å². The number of methoxy groups -OCH3 is 1. The number of esters is 1. The lowest BCUT2D eigenvalue weighted by atomic mass is 10.0. The molecule has 1 unspecified atom stereocenters. The van der Waals surface area contributed by atoms with Crippen LogP contribution >= 0.6 is 0 Å². The molecule has 0 bridgehead atoms. The summed E-state index contributed by atoms with van der Waals surface area (Å²) < 4.78 is 4.60. The highest BCUT2D eigenvalue weighted by atomic mass is 16.5. The fourth-order valence-corrected chi connectivity index (χ4v) is 1.43. The van der Waals surface area contributed by atoms with Gasteiger partial charge in [-0.3, -0.25) is 0 Å². The minimum absolute atomic E-state index is 0.256. The SMILES string of the molecule is C/C=C(/C(=O)OC)C(O)c1ccc(C)cc1. The van der Waals surface area contributed by atoms with Gasteiger partial charge < -0.3 is 9.84 Å². The largest absolute Gasteiger partial charge is 0.466 e. The smallest absolute Gasteiger partial charge is 0.336 e. The van der Waals surface area contributed by atoms with Gasteiger partial charge in [0.05, 0.1) is 12.7 Å². The molecular formula is C13H16O3. The number of carbonyl (C=O) groups excluding carboxylic acids is 1. The molecule has 0 spiro atoms. The summed E-state index contributed by atoms with van der Waals surface area (Å²) in [6.07, 6.45) is 0.633. The van der Waals surface area contributed by atoms with Gasteiger partial charge in [0.25, 0.3) is 0 Å². The van der Waals surface area contributed by atoms with E-state index in [2.05, 4.69) is 4.74 Å². The Morgan fingerprint density at radius 1 is 1.38 bits per heavy atom. The van der Waals surface area contributed by atoms with Crippen molar-refractivity contribution < 1.29 is 14.6 Å². The molecule has 86 valence electrons. The number of aryl methyl sites for hydroxylation is 1. The summed E-state index contributed by atoms with van der Waals surface area (Å²) >= 11 is 0. The Morgan fingerprint density at radius 3 is 2.38 bits per heavy atom. The zero-order valence-electron chi connectivity index (χ0n) is 9.73. The third-order valence-electron chi connectivity index (χ3n) is 2.42. The zero-order valence-corrected chi connectivity index (χ0v) is 9.73. The van der Waals surface area contributed by atoms with Crippen LogP contribution in [0.25, 0.3) is 0 Å². The molecule has 0 saturated heterocycles. The van der Waals surface area contributed by atoms with Crippen LogP contribution in [0.3, 0.4) is 0 Å². The molecule has 0 radical (unpaired) electrons. The van der Waals surface area contributed by atoms with Gasteiger partial charge >= 0.3 is 5.97 Å². The van der Waals surface area contributed by atoms with E-state index in [1.54, 1.807) is 25.1 Å². The lowest BCUT2D eigenvalue weighted by Gasteiger charge is -2.13. The number of aliphatic hydroxyl groups excluding tert-OH is 1. The third kappa shape index (κ3) is 2.70. The maximum atomic E-state index is 11.4. The molecule has 1 N–H and O–H groups in total. The average Bonchev–Trinajstić information content (AvgIpc) is 2.30. The highest BCUT2D eigenvalue weighted by Crippen LogP contribution is 2.22. The summed E-state index contributed by atoms with van der Waals surface area (Å²) in [6.45, 7) is 3.66. The molecule has 16 heavy (non-hydrogen) atoms. The second kappa shape index (κ2) is 5.47. The highest BCUT2D eigenvalue weighted by Gasteiger charge is 2.19. The molecule has 0 saturated carbocycles. The van der Waals surface area contributed by atoms with Gasteiger partial charge in [-0.2, -0.15) is 0 Å². The molecule has 3 nitrogen and oxygen atoms in total. The van der Waals surface area contributed by atoms with Crippen molar-refractivity contribution in [2.75, 3.05) is 7.11 Å². The minimum atomic E-state index is -0.932. The van der Waals surface area contributed by atoms with Crippen molar-refractivity contribution in [1.82, 2.24) is 0 Å². The average molecular weight is 220 g/mol. The van der Waals surface area contributed by atoms with E-state index in [9.17, 15) is 9.90 Å². The van der Waals surface area contributed by atoms with Crippen LogP contribution in [-0.2, 0) is 9.53 Å². The quantitative estimate of drug-likeness (QED) is 0.627. The Kier molecular flexibility index (Phi) is 4.26. The maximum absolute atomic E-state index is 11.4. The van der Waals surface area contributed by atoms with Gasteiger partial charge in [0, 0.05) is 0 Å². The summed E-state index contributed by atoms with van der Waals surface area (Å²) in [7, 11) is 1.30. The summed E-state index contributed by atoms with van der Waals surface area (Å²) in [5.74, 6) is -0.504. The molecule has 0 amide bonds. The molecule has 0 fully saturated rings. The van der Waals surface area contributed by atoms with E-state index >= 15 is 0 Å². The van der Waals surface area contributed by atoms with E-state index in [-0.39, 0.29) is 5.57 Å². The first-order valence-electron chi connectivity index (χ1n) is 5.09. The molecule has 0 aliphatic heterocycles. The van der Waals surface area contributed by atoms with Crippen molar-refractivity contribution in [3.63, 3.8) is 0 Å². The molecule has 0 aliphatic carbocycles. The number of benzene rings is 1. The van der Waals surface area contributed by atoms with Gasteiger partial charge in [-0.1, -0.05) is 35.9 Å². The Labute approximate surface area is 95.4 Å². The van der Waals surface area contributed by atoms with Gasteiger partial charge in [-0.25, -0.2) is 4.79 Å². The van der Waals surface area contributed by atoms with Crippen molar-refractivity contribution in [2.24, 2.45) is 0 Å². The number of carbonyl (C=O) groups is 1. The number of ether oxygens (including phenoxy) is 1. The predicted molar refractivity (Wildman–Crippen MR) is 61.9 cm³/mol. The normalized spacial score (nSPS) is 13.4. The molecule has 1 rings (SSSR count). The van der Waals surface area contributed by atoms with Crippen LogP contribution in [-0.4, -0.2) is 18.2 Å². The van der Waals surface area contributed by atoms with E-state index in [0.717, 1.165) is 5.56 Å². The van der Waals surface area contributed by atoms with Gasteiger partial charge in [0.2, 0.25) is 0 Å². The maximum Gasteiger partial charge on any atom is 0.336 e. The monoisotopic (exact) mass is 220 g/mol. The molecular weight excluding hydrogens is 204 g/mol. The van der Waals surface area contributed by atoms with Crippen LogP contribution in [0.4, 0.5) is 0 Å². The van der Waals surface area contributed by atoms with E-state index in [4.69, 9.17) is 0 Å². The second-order valence-electron chi connectivity index (χ2n) is 3.55. The van der Waals surface area contributed by atoms with Gasteiger partial charge in [-0.05, 0) is 19.4 Å². The predicted octanol–water partition coefficient (Wildman–Crippen LogP) is 2.15. The summed E-state index contributed by atoms with van der Waals surface area (Å²) in [5.41, 5.74) is 2.05. The van der Waals surface area contributed by atoms with Crippen molar-refractivity contribution >= 4 is 5.97 Å². The van der Waals surface area contributed by atoms with E-state index in [1.807, 2.05) is 19.1 Å². The van der Waals surface area contributed by atoms with Crippen LogP contribution in [0.15, 0.2) is 35.9 Å². The van der Waals surface area contributed by atoms with Crippen LogP contribution in [0.1, 0.15) is 24.2 Å². The fourth-order valence-electron chi connectivity index (χ4n) is 1.43. The fraction of sp³-hybridized carbons (Fsp3) is 0.308. The Balaban J connectivity index is 2.96. The van der Waals surface area contributed by atoms with Crippen molar-refractivity contribution in [2.45, 2.75) is 20.0 Å². The van der Waals surface area contributed by atoms with Crippen LogP contribution in [0.5, 0.6) is 0 Å². The first-order chi connectivity index (χ1) is 7.60. The first kappa shape index (κ1) is 12.5. The molecule has 0 aliphatic rings. The number of allylic oxidation sites excluding steroid dienone is 1. The van der Waals surface area contributed by atoms with Crippen molar-refractivity contribution in [3.8, 4) is 0 Å². The zero-order chi connectivity index (χ0) is 12.1. The lowest BCUT2D eigenvalue weighted by Crippen LogP contribution is -2.12. The molecule has 0 aromatic heterocycles. The van der Waals surface area contributed by atoms with Gasteiger partial charge in [-0.15, -0.1) is 0 Å². The molecule has 1 aromatic rings. The Hall–Kier alpha value is -1.61. The summed E-state index contributed by atoms with van der Waals surface area (Å²) in [5, 5.41) is 10.0. The van der Waals surface area contributed by atoms with E-state index < -0.39 is 12.1 Å². The van der Waals surface area contributed by atoms with Crippen LogP contribution in [0.2, 0.25) is 0 Å². The first-order valence-corrected chi connectivity index (χ1v) is 5.09. The van der Waals surface area contributed by atoms with Gasteiger partial charge in [0.15, 0.2) is 0 Å². The minimum Gasteiger partial charge on any atom is -0.466 e. The summed E-state index contributed by atoms with van der Waals surface area (Å²) in [6, 6.07) is 7.38. The topological polar surface area (TPSA) is 46.5 Å². The Bertz CT molecular complexity index is 390. The van der Waals surface area contributed by atoms with Crippen molar-refractivity contribution in [1.29, 1.82) is 0 Å². The van der Waals surface area contributed by atoms with Crippen LogP contribution < -0.4 is 0 Å². The second-order valence-corrected chi connectivity index (χ2v) is 3.55.